The molecule has 0 fully saturated rings. The smallest absolute Gasteiger partial charge is 1.00 e. The van der Waals surface area contributed by atoms with Gasteiger partial charge in [-0.05, 0) is 52.3 Å². The molecule has 0 aromatic carbocycles. The number of nitrogens with zero attached hydrogens (tertiary/aromatic N) is 3. The van der Waals surface area contributed by atoms with Gasteiger partial charge in [-0.25, -0.2) is 15.0 Å². The molecule has 3 aromatic rings. The Kier molecular flexibility index (Phi) is 33.2. The van der Waals surface area contributed by atoms with Crippen molar-refractivity contribution in [1.82, 2.24) is 15.0 Å². The number of Topliss-reactive ketones (excluding diaryl/α,β-unsaturated/α-hetero) is 3. The molecule has 0 aliphatic heterocycles. The summed E-state index contributed by atoms with van der Waals surface area (Å²) in [6.45, 7) is 10.8. The summed E-state index contributed by atoms with van der Waals surface area (Å²) in [5.74, 6) is 5.29. The van der Waals surface area contributed by atoms with Gasteiger partial charge in [0.2, 0.25) is 0 Å². The Labute approximate surface area is 355 Å². The van der Waals surface area contributed by atoms with Crippen LogP contribution in [0.15, 0.2) is 59.2 Å². The van der Waals surface area contributed by atoms with Crippen molar-refractivity contribution in [3.8, 4) is 23.8 Å². The van der Waals surface area contributed by atoms with Gasteiger partial charge in [0.1, 0.15) is 41.1 Å². The van der Waals surface area contributed by atoms with Gasteiger partial charge in [0.05, 0.1) is 0 Å². The van der Waals surface area contributed by atoms with Crippen molar-refractivity contribution in [2.45, 2.75) is 40.4 Å². The first kappa shape index (κ1) is 49.8. The van der Waals surface area contributed by atoms with Crippen molar-refractivity contribution in [1.29, 1.82) is 0 Å². The Morgan fingerprint density at radius 1 is 0.841 bits per heavy atom. The van der Waals surface area contributed by atoms with E-state index >= 15 is 0 Å². The monoisotopic (exact) mass is 733 g/mol. The molecule has 0 radical (unpaired) electrons. The molecule has 0 aliphatic carbocycles. The van der Waals surface area contributed by atoms with Crippen molar-refractivity contribution < 1.29 is 139 Å². The van der Waals surface area contributed by atoms with Gasteiger partial charge in [0.15, 0.2) is 17.3 Å². The van der Waals surface area contributed by atoms with E-state index in [1.54, 1.807) is 42.5 Å². The van der Waals surface area contributed by atoms with Crippen LogP contribution in [0.25, 0.3) is 0 Å². The fraction of sp³-hybridized carbons (Fsp3) is 0.233. The fourth-order valence-corrected chi connectivity index (χ4v) is 3.11. The number of terminal acetylenes is 1. The minimum atomic E-state index is -1.37. The number of hydrogen-bond acceptors (Lipinski definition) is 10. The topological polar surface area (TPSA) is 159 Å². The van der Waals surface area contributed by atoms with Gasteiger partial charge >= 0.3 is 103 Å². The molecule has 0 unspecified atom stereocenters. The summed E-state index contributed by atoms with van der Waals surface area (Å²) in [5.41, 5.74) is 5.80. The van der Waals surface area contributed by atoms with Crippen molar-refractivity contribution in [3.63, 3.8) is 0 Å². The largest absolute Gasteiger partial charge is 1.00 e. The first-order chi connectivity index (χ1) is 19.7. The van der Waals surface area contributed by atoms with E-state index in [1.165, 1.54) is 20.8 Å². The van der Waals surface area contributed by atoms with Crippen molar-refractivity contribution >= 4 is 47.8 Å². The van der Waals surface area contributed by atoms with E-state index in [0.717, 1.165) is 7.11 Å². The Bertz CT molecular complexity index is 1440. The predicted molar refractivity (Wildman–Crippen MR) is 165 cm³/mol. The zero-order valence-corrected chi connectivity index (χ0v) is 35.3. The fourth-order valence-electron chi connectivity index (χ4n) is 2.27. The number of carbonyl (C=O) groups excluding carboxylic acids is 4. The molecule has 0 amide bonds. The number of carbonyl (C=O) groups is 4. The van der Waals surface area contributed by atoms with Gasteiger partial charge in [0, 0.05) is 27.9 Å². The molecule has 0 bridgehead atoms. The third-order valence-corrected chi connectivity index (χ3v) is 5.36. The average Bonchev–Trinajstić information content (AvgIpc) is 2.97. The van der Waals surface area contributed by atoms with E-state index in [1.807, 2.05) is 12.1 Å². The quantitative estimate of drug-likeness (QED) is 0.0604. The van der Waals surface area contributed by atoms with Gasteiger partial charge < -0.3 is 16.7 Å². The molecule has 0 atom stereocenters. The minimum absolute atomic E-state index is 0. The van der Waals surface area contributed by atoms with Crippen LogP contribution in [0.4, 0.5) is 0 Å². The van der Waals surface area contributed by atoms with E-state index in [-0.39, 0.29) is 128 Å². The van der Waals surface area contributed by atoms with E-state index < -0.39 is 8.07 Å². The van der Waals surface area contributed by atoms with Crippen LogP contribution in [0.3, 0.4) is 0 Å². The van der Waals surface area contributed by atoms with Gasteiger partial charge in [-0.15, -0.1) is 12.0 Å². The third kappa shape index (κ3) is 26.2. The number of hydrogen-bond donors (Lipinski definition) is 1. The standard InChI is InChI=1S/C12H15NOSi.C9H7NO.C7H6BrNO.CH2O3.CH4O.2K.H/c1-10(14)12-7-5-6-11(13-12)8-9-15(2,3)4;1-3-8-5-4-6-9(10-8)7(2)11;1-5(10)6-3-2-4-7(8)9-6;2-1-4-3;1-2;;;/h5-7H,1-4H3;1,4-6H,2H3;2-4H,1H3;1,3H;2H,1H3;;;/q;;;;;2*+1;-1/p-1. The van der Waals surface area contributed by atoms with Gasteiger partial charge in [-0.1, -0.05) is 49.7 Å². The molecule has 0 saturated carbocycles. The normalized spacial score (nSPS) is 8.48. The molecular weight excluding hydrogens is 701 g/mol. The summed E-state index contributed by atoms with van der Waals surface area (Å²) in [7, 11) is -0.371. The van der Waals surface area contributed by atoms with Crippen LogP contribution >= 0.6 is 15.9 Å². The molecular formula is C30H34BrK2N3O7Si. The second-order valence-electron chi connectivity index (χ2n) is 8.67. The molecule has 0 saturated heterocycles. The van der Waals surface area contributed by atoms with E-state index in [9.17, 15) is 14.4 Å². The number of rotatable bonds is 4. The average molecular weight is 735 g/mol. The van der Waals surface area contributed by atoms with Crippen LogP contribution in [-0.2, 0) is 9.68 Å². The number of aliphatic hydroxyl groups excluding tert-OH is 1. The van der Waals surface area contributed by atoms with Crippen molar-refractivity contribution in [2.75, 3.05) is 7.11 Å². The first-order valence-corrected chi connectivity index (χ1v) is 16.3. The zero-order valence-electron chi connectivity index (χ0n) is 27.5. The summed E-state index contributed by atoms with van der Waals surface area (Å²) in [6.07, 6.45) is 5.10. The van der Waals surface area contributed by atoms with Gasteiger partial charge in [0.25, 0.3) is 6.47 Å². The van der Waals surface area contributed by atoms with E-state index in [4.69, 9.17) is 21.6 Å². The SMILES string of the molecule is C#Cc1cccc(C(C)=O)n1.CC(=O)c1cccc(Br)n1.CC(=O)c1cccc(C#C[Si](C)(C)C)n1.CO.O=CO[O-].[H-].[K+].[K+]. The summed E-state index contributed by atoms with van der Waals surface area (Å²) in [5, 5.41) is 15.4. The molecule has 14 heteroatoms. The molecule has 3 rings (SSSR count). The molecule has 3 aromatic heterocycles. The van der Waals surface area contributed by atoms with Gasteiger partial charge in [-0.3, -0.25) is 19.2 Å². The van der Waals surface area contributed by atoms with E-state index in [0.29, 0.717) is 33.1 Å². The Balaban J connectivity index is -0.000000161. The van der Waals surface area contributed by atoms with Gasteiger partial charge in [-0.2, -0.15) is 0 Å². The van der Waals surface area contributed by atoms with E-state index in [2.05, 4.69) is 72.8 Å². The Morgan fingerprint density at radius 3 is 1.52 bits per heavy atom. The molecule has 224 valence electrons. The number of ketones is 3. The van der Waals surface area contributed by atoms with Crippen LogP contribution in [0.5, 0.6) is 0 Å². The summed E-state index contributed by atoms with van der Waals surface area (Å²) in [4.78, 5) is 55.9. The number of aromatic nitrogens is 3. The van der Waals surface area contributed by atoms with Crippen LogP contribution in [0.2, 0.25) is 19.6 Å². The maximum atomic E-state index is 11.1. The number of pyridine rings is 3. The summed E-state index contributed by atoms with van der Waals surface area (Å²) < 4.78 is 0.695. The Hall–Kier alpha value is -1.06. The second-order valence-corrected chi connectivity index (χ2v) is 14.2. The molecule has 0 spiro atoms. The Morgan fingerprint density at radius 2 is 1.20 bits per heavy atom. The van der Waals surface area contributed by atoms with Crippen LogP contribution < -0.4 is 108 Å². The van der Waals surface area contributed by atoms with Crippen LogP contribution in [0.1, 0.15) is 65.1 Å². The molecule has 3 heterocycles. The first-order valence-electron chi connectivity index (χ1n) is 12.0. The second kappa shape index (κ2) is 29.3. The van der Waals surface area contributed by atoms with Crippen molar-refractivity contribution in [3.05, 3.63) is 87.7 Å². The zero-order chi connectivity index (χ0) is 32.7. The maximum Gasteiger partial charge on any atom is 1.00 e. The van der Waals surface area contributed by atoms with Crippen LogP contribution in [0, 0.1) is 23.8 Å². The van der Waals surface area contributed by atoms with Crippen molar-refractivity contribution in [2.24, 2.45) is 0 Å². The molecule has 1 N–H and O–H groups in total. The summed E-state index contributed by atoms with van der Waals surface area (Å²) in [6, 6.07) is 15.7. The van der Waals surface area contributed by atoms with Crippen LogP contribution in [-0.4, -0.2) is 59.1 Å². The number of aliphatic hydroxyl groups is 1. The molecule has 10 nitrogen and oxygen atoms in total. The predicted octanol–water partition coefficient (Wildman–Crippen LogP) is -2.01. The summed E-state index contributed by atoms with van der Waals surface area (Å²) >= 11 is 3.17. The number of halogens is 1. The molecule has 44 heavy (non-hydrogen) atoms. The maximum absolute atomic E-state index is 11.1. The third-order valence-electron chi connectivity index (χ3n) is 4.05. The minimum Gasteiger partial charge on any atom is -1.00 e. The molecule has 0 aliphatic rings.